The van der Waals surface area contributed by atoms with E-state index in [2.05, 4.69) is 31.0 Å². The van der Waals surface area contributed by atoms with Crippen LogP contribution >= 0.6 is 0 Å². The van der Waals surface area contributed by atoms with Gasteiger partial charge in [-0.05, 0) is 38.6 Å². The number of hydrogen-bond donors (Lipinski definition) is 1. The lowest BCUT2D eigenvalue weighted by molar-refractivity contribution is 0.0999. The summed E-state index contributed by atoms with van der Waals surface area (Å²) in [5, 5.41) is 3.74. The fourth-order valence-corrected chi connectivity index (χ4v) is 3.39. The summed E-state index contributed by atoms with van der Waals surface area (Å²) < 4.78 is 5.30. The molecular weight excluding hydrogens is 248 g/mol. The van der Waals surface area contributed by atoms with Crippen molar-refractivity contribution in [1.82, 2.24) is 10.2 Å². The average Bonchev–Trinajstić information content (AvgIpc) is 2.68. The van der Waals surface area contributed by atoms with Gasteiger partial charge in [0.1, 0.15) is 0 Å². The molecule has 120 valence electrons. The SMILES string of the molecule is CCNC1CCCCCC1CN(CCOC)C(C)CC. The van der Waals surface area contributed by atoms with E-state index in [0.717, 1.165) is 31.7 Å². The largest absolute Gasteiger partial charge is 0.383 e. The van der Waals surface area contributed by atoms with E-state index in [1.54, 1.807) is 0 Å². The van der Waals surface area contributed by atoms with E-state index >= 15 is 0 Å². The second kappa shape index (κ2) is 10.6. The van der Waals surface area contributed by atoms with Crippen LogP contribution in [0.25, 0.3) is 0 Å². The number of rotatable bonds is 9. The molecule has 1 N–H and O–H groups in total. The van der Waals surface area contributed by atoms with Gasteiger partial charge in [-0.25, -0.2) is 0 Å². The molecule has 3 heteroatoms. The molecule has 1 fully saturated rings. The molecule has 0 aromatic heterocycles. The normalized spacial score (nSPS) is 25.6. The Balaban J connectivity index is 2.60. The Bertz CT molecular complexity index is 235. The van der Waals surface area contributed by atoms with Gasteiger partial charge in [-0.15, -0.1) is 0 Å². The van der Waals surface area contributed by atoms with Crippen molar-refractivity contribution in [3.05, 3.63) is 0 Å². The van der Waals surface area contributed by atoms with Crippen molar-refractivity contribution < 1.29 is 4.74 Å². The number of methoxy groups -OCH3 is 1. The lowest BCUT2D eigenvalue weighted by Gasteiger charge is -2.35. The Kier molecular flexibility index (Phi) is 9.49. The monoisotopic (exact) mass is 284 g/mol. The Morgan fingerprint density at radius 3 is 2.60 bits per heavy atom. The first-order valence-corrected chi connectivity index (χ1v) is 8.69. The second-order valence-electron chi connectivity index (χ2n) is 6.31. The van der Waals surface area contributed by atoms with Crippen molar-refractivity contribution in [3.63, 3.8) is 0 Å². The van der Waals surface area contributed by atoms with Gasteiger partial charge in [-0.1, -0.05) is 33.1 Å². The zero-order chi connectivity index (χ0) is 14.8. The summed E-state index contributed by atoms with van der Waals surface area (Å²) in [6.45, 7) is 11.1. The molecule has 0 radical (unpaired) electrons. The molecule has 0 aromatic carbocycles. The highest BCUT2D eigenvalue weighted by Gasteiger charge is 2.26. The molecule has 3 atom stereocenters. The van der Waals surface area contributed by atoms with Gasteiger partial charge in [-0.2, -0.15) is 0 Å². The minimum Gasteiger partial charge on any atom is -0.383 e. The zero-order valence-corrected chi connectivity index (χ0v) is 14.2. The zero-order valence-electron chi connectivity index (χ0n) is 14.2. The third-order valence-electron chi connectivity index (χ3n) is 4.89. The van der Waals surface area contributed by atoms with E-state index in [9.17, 15) is 0 Å². The Hall–Kier alpha value is -0.120. The highest BCUT2D eigenvalue weighted by atomic mass is 16.5. The molecule has 0 bridgehead atoms. The highest BCUT2D eigenvalue weighted by Crippen LogP contribution is 2.25. The van der Waals surface area contributed by atoms with Crippen LogP contribution in [0.15, 0.2) is 0 Å². The van der Waals surface area contributed by atoms with Crippen LogP contribution < -0.4 is 5.32 Å². The van der Waals surface area contributed by atoms with Gasteiger partial charge >= 0.3 is 0 Å². The number of ether oxygens (including phenoxy) is 1. The predicted molar refractivity (Wildman–Crippen MR) is 87.2 cm³/mol. The number of nitrogens with one attached hydrogen (secondary N) is 1. The number of hydrogen-bond acceptors (Lipinski definition) is 3. The molecule has 0 aliphatic heterocycles. The quantitative estimate of drug-likeness (QED) is 0.658. The molecular formula is C17H36N2O. The molecule has 1 rings (SSSR count). The third-order valence-corrected chi connectivity index (χ3v) is 4.89. The first-order chi connectivity index (χ1) is 9.72. The first-order valence-electron chi connectivity index (χ1n) is 8.69. The van der Waals surface area contributed by atoms with E-state index in [1.807, 2.05) is 7.11 Å². The highest BCUT2D eigenvalue weighted by molar-refractivity contribution is 4.83. The summed E-state index contributed by atoms with van der Waals surface area (Å²) in [5.74, 6) is 0.809. The van der Waals surface area contributed by atoms with Crippen molar-refractivity contribution in [2.75, 3.05) is 33.4 Å². The van der Waals surface area contributed by atoms with Crippen LogP contribution in [0.1, 0.15) is 59.3 Å². The van der Waals surface area contributed by atoms with E-state index in [0.29, 0.717) is 6.04 Å². The van der Waals surface area contributed by atoms with Crippen molar-refractivity contribution >= 4 is 0 Å². The van der Waals surface area contributed by atoms with Gasteiger partial charge in [0.2, 0.25) is 0 Å². The molecule has 1 aliphatic rings. The van der Waals surface area contributed by atoms with E-state index in [1.165, 1.54) is 45.1 Å². The van der Waals surface area contributed by atoms with Gasteiger partial charge < -0.3 is 10.1 Å². The fourth-order valence-electron chi connectivity index (χ4n) is 3.39. The van der Waals surface area contributed by atoms with Crippen LogP contribution in [0.5, 0.6) is 0 Å². The lowest BCUT2D eigenvalue weighted by atomic mass is 9.93. The summed E-state index contributed by atoms with van der Waals surface area (Å²) in [7, 11) is 1.81. The lowest BCUT2D eigenvalue weighted by Crippen LogP contribution is -2.45. The topological polar surface area (TPSA) is 24.5 Å². The molecule has 1 saturated carbocycles. The van der Waals surface area contributed by atoms with Gasteiger partial charge in [0.05, 0.1) is 6.61 Å². The van der Waals surface area contributed by atoms with Crippen molar-refractivity contribution in [2.24, 2.45) is 5.92 Å². The van der Waals surface area contributed by atoms with Crippen molar-refractivity contribution in [1.29, 1.82) is 0 Å². The molecule has 3 nitrogen and oxygen atoms in total. The summed E-state index contributed by atoms with van der Waals surface area (Å²) in [4.78, 5) is 2.64. The van der Waals surface area contributed by atoms with Crippen LogP contribution in [0.4, 0.5) is 0 Å². The molecule has 0 spiro atoms. The third kappa shape index (κ3) is 6.11. The summed E-state index contributed by atoms with van der Waals surface area (Å²) in [6, 6.07) is 1.38. The predicted octanol–water partition coefficient (Wildman–Crippen LogP) is 3.29. The van der Waals surface area contributed by atoms with Crippen molar-refractivity contribution in [2.45, 2.75) is 71.4 Å². The standard InChI is InChI=1S/C17H36N2O/c1-5-15(3)19(12-13-20-4)14-16-10-8-7-9-11-17(16)18-6-2/h15-18H,5-14H2,1-4H3. The van der Waals surface area contributed by atoms with Crippen LogP contribution in [0.3, 0.4) is 0 Å². The van der Waals surface area contributed by atoms with Crippen molar-refractivity contribution in [3.8, 4) is 0 Å². The van der Waals surface area contributed by atoms with Crippen LogP contribution in [0, 0.1) is 5.92 Å². The smallest absolute Gasteiger partial charge is 0.0589 e. The molecule has 3 unspecified atom stereocenters. The Morgan fingerprint density at radius 1 is 1.20 bits per heavy atom. The van der Waals surface area contributed by atoms with E-state index < -0.39 is 0 Å². The van der Waals surface area contributed by atoms with Crippen LogP contribution in [0.2, 0.25) is 0 Å². The number of nitrogens with zero attached hydrogens (tertiary/aromatic N) is 1. The fraction of sp³-hybridized carbons (Fsp3) is 1.00. The minimum atomic E-state index is 0.663. The maximum Gasteiger partial charge on any atom is 0.0589 e. The summed E-state index contributed by atoms with van der Waals surface area (Å²) >= 11 is 0. The molecule has 0 aromatic rings. The summed E-state index contributed by atoms with van der Waals surface area (Å²) in [5.41, 5.74) is 0. The van der Waals surface area contributed by atoms with Crippen LogP contribution in [-0.4, -0.2) is 50.3 Å². The molecule has 1 aliphatic carbocycles. The van der Waals surface area contributed by atoms with Gasteiger partial charge in [0.15, 0.2) is 0 Å². The van der Waals surface area contributed by atoms with Crippen LogP contribution in [-0.2, 0) is 4.74 Å². The first kappa shape index (κ1) is 17.9. The average molecular weight is 284 g/mol. The van der Waals surface area contributed by atoms with Gasteiger partial charge in [0, 0.05) is 32.3 Å². The Labute approximate surface area is 126 Å². The molecule has 0 heterocycles. The second-order valence-corrected chi connectivity index (χ2v) is 6.31. The van der Waals surface area contributed by atoms with E-state index in [-0.39, 0.29) is 0 Å². The molecule has 20 heavy (non-hydrogen) atoms. The van der Waals surface area contributed by atoms with Gasteiger partial charge in [0.25, 0.3) is 0 Å². The molecule has 0 saturated heterocycles. The minimum absolute atomic E-state index is 0.663. The molecule has 0 amide bonds. The van der Waals surface area contributed by atoms with Gasteiger partial charge in [-0.3, -0.25) is 4.90 Å². The Morgan fingerprint density at radius 2 is 1.95 bits per heavy atom. The van der Waals surface area contributed by atoms with E-state index in [4.69, 9.17) is 4.74 Å². The maximum atomic E-state index is 5.30. The summed E-state index contributed by atoms with van der Waals surface area (Å²) in [6.07, 6.45) is 8.19. The maximum absolute atomic E-state index is 5.30.